The number of amides is 1. The first-order chi connectivity index (χ1) is 12.9. The topological polar surface area (TPSA) is 33.5 Å². The number of piperidine rings is 1. The highest BCUT2D eigenvalue weighted by molar-refractivity contribution is 5.92. The summed E-state index contributed by atoms with van der Waals surface area (Å²) in [7, 11) is 0. The molecule has 1 amide bonds. The maximum Gasteiger partial charge on any atom is 0.418 e. The van der Waals surface area contributed by atoms with Crippen molar-refractivity contribution < 1.29 is 22.9 Å². The Bertz CT molecular complexity index is 754. The van der Waals surface area contributed by atoms with Crippen molar-refractivity contribution in [3.8, 4) is 0 Å². The van der Waals surface area contributed by atoms with Crippen LogP contribution in [-0.4, -0.2) is 25.5 Å². The lowest BCUT2D eigenvalue weighted by molar-refractivity contribution is -0.898. The molecule has 3 nitrogen and oxygen atoms in total. The highest BCUT2D eigenvalue weighted by Crippen LogP contribution is 2.34. The van der Waals surface area contributed by atoms with E-state index in [1.807, 2.05) is 18.2 Å². The average molecular weight is 377 g/mol. The maximum atomic E-state index is 13.0. The fourth-order valence-electron chi connectivity index (χ4n) is 3.67. The van der Waals surface area contributed by atoms with Crippen molar-refractivity contribution in [2.45, 2.75) is 25.4 Å². The van der Waals surface area contributed by atoms with E-state index in [9.17, 15) is 18.0 Å². The molecule has 3 rings (SSSR count). The van der Waals surface area contributed by atoms with E-state index < -0.39 is 11.7 Å². The zero-order valence-corrected chi connectivity index (χ0v) is 15.1. The zero-order chi connectivity index (χ0) is 19.3. The Hall–Kier alpha value is -2.34. The van der Waals surface area contributed by atoms with Gasteiger partial charge in [0.2, 0.25) is 0 Å². The number of carbonyl (C=O) groups excluding carboxylic acids is 1. The Kier molecular flexibility index (Phi) is 6.16. The molecule has 0 bridgehead atoms. The smallest absolute Gasteiger partial charge is 0.327 e. The molecule has 1 aliphatic heterocycles. The molecule has 27 heavy (non-hydrogen) atoms. The minimum Gasteiger partial charge on any atom is -0.327 e. The summed E-state index contributed by atoms with van der Waals surface area (Å²) in [5, 5.41) is 2.44. The molecule has 2 aromatic carbocycles. The first-order valence-corrected chi connectivity index (χ1v) is 9.25. The number of hydrogen-bond donors (Lipinski definition) is 2. The Morgan fingerprint density at radius 1 is 1.00 bits per heavy atom. The molecular formula is C21H24F3N2O+. The number of nitrogens with one attached hydrogen (secondary N) is 2. The SMILES string of the molecule is O=C(C[NH+]1CCC(Cc2ccccc2)CC1)Nc1ccccc1C(F)(F)F. The number of halogens is 3. The third kappa shape index (κ3) is 5.57. The van der Waals surface area contributed by atoms with Crippen LogP contribution in [0.15, 0.2) is 54.6 Å². The molecular weight excluding hydrogens is 353 g/mol. The minimum atomic E-state index is -4.48. The van der Waals surface area contributed by atoms with Gasteiger partial charge in [-0.05, 0) is 42.9 Å². The van der Waals surface area contributed by atoms with Gasteiger partial charge in [-0.25, -0.2) is 0 Å². The van der Waals surface area contributed by atoms with Gasteiger partial charge in [-0.1, -0.05) is 42.5 Å². The van der Waals surface area contributed by atoms with E-state index in [0.29, 0.717) is 5.92 Å². The van der Waals surface area contributed by atoms with Gasteiger partial charge in [-0.2, -0.15) is 13.2 Å². The first kappa shape index (κ1) is 19.4. The normalized spacial score (nSPS) is 20.3. The van der Waals surface area contributed by atoms with E-state index in [-0.39, 0.29) is 18.1 Å². The quantitative estimate of drug-likeness (QED) is 0.825. The molecule has 0 aliphatic carbocycles. The van der Waals surface area contributed by atoms with E-state index in [2.05, 4.69) is 17.4 Å². The number of anilines is 1. The molecule has 0 spiro atoms. The summed E-state index contributed by atoms with van der Waals surface area (Å²) in [4.78, 5) is 13.4. The summed E-state index contributed by atoms with van der Waals surface area (Å²) in [6.07, 6.45) is -1.39. The molecule has 2 N–H and O–H groups in total. The lowest BCUT2D eigenvalue weighted by Gasteiger charge is -2.29. The third-order valence-electron chi connectivity index (χ3n) is 5.10. The fraction of sp³-hybridized carbons (Fsp3) is 0.381. The molecule has 1 fully saturated rings. The number of benzene rings is 2. The Morgan fingerprint density at radius 2 is 1.63 bits per heavy atom. The number of quaternary nitrogens is 1. The van der Waals surface area contributed by atoms with Crippen molar-refractivity contribution in [1.82, 2.24) is 0 Å². The van der Waals surface area contributed by atoms with Gasteiger partial charge in [0, 0.05) is 0 Å². The molecule has 0 atom stereocenters. The van der Waals surface area contributed by atoms with Crippen molar-refractivity contribution in [1.29, 1.82) is 0 Å². The van der Waals surface area contributed by atoms with Crippen molar-refractivity contribution in [3.05, 3.63) is 65.7 Å². The van der Waals surface area contributed by atoms with Crippen LogP contribution in [0.2, 0.25) is 0 Å². The summed E-state index contributed by atoms with van der Waals surface area (Å²) in [5.74, 6) is 0.230. The molecule has 0 aromatic heterocycles. The van der Waals surface area contributed by atoms with E-state index in [0.717, 1.165) is 43.3 Å². The summed E-state index contributed by atoms with van der Waals surface area (Å²) in [6, 6.07) is 15.4. The predicted molar refractivity (Wildman–Crippen MR) is 98.5 cm³/mol. The summed E-state index contributed by atoms with van der Waals surface area (Å²) < 4.78 is 39.1. The van der Waals surface area contributed by atoms with E-state index in [1.165, 1.54) is 23.8 Å². The van der Waals surface area contributed by atoms with Crippen LogP contribution in [0.4, 0.5) is 18.9 Å². The average Bonchev–Trinajstić information content (AvgIpc) is 2.64. The van der Waals surface area contributed by atoms with Crippen molar-refractivity contribution in [3.63, 3.8) is 0 Å². The molecule has 2 aromatic rings. The number of carbonyl (C=O) groups is 1. The highest BCUT2D eigenvalue weighted by Gasteiger charge is 2.34. The van der Waals surface area contributed by atoms with Crippen LogP contribution in [0.1, 0.15) is 24.0 Å². The van der Waals surface area contributed by atoms with Gasteiger partial charge in [0.05, 0.1) is 24.3 Å². The lowest BCUT2D eigenvalue weighted by Crippen LogP contribution is -3.14. The first-order valence-electron chi connectivity index (χ1n) is 9.25. The van der Waals surface area contributed by atoms with Gasteiger partial charge < -0.3 is 10.2 Å². The van der Waals surface area contributed by atoms with Gasteiger partial charge in [0.15, 0.2) is 6.54 Å². The number of rotatable bonds is 5. The zero-order valence-electron chi connectivity index (χ0n) is 15.1. The predicted octanol–water partition coefficient (Wildman–Crippen LogP) is 3.18. The number of para-hydroxylation sites is 1. The van der Waals surface area contributed by atoms with Gasteiger partial charge in [-0.3, -0.25) is 4.79 Å². The number of alkyl halides is 3. The number of hydrogen-bond acceptors (Lipinski definition) is 1. The summed E-state index contributed by atoms with van der Waals surface area (Å²) in [5.41, 5.74) is 0.343. The number of likely N-dealkylation sites (tertiary alicyclic amines) is 1. The van der Waals surface area contributed by atoms with Crippen LogP contribution >= 0.6 is 0 Å². The van der Waals surface area contributed by atoms with E-state index in [1.54, 1.807) is 0 Å². The molecule has 0 radical (unpaired) electrons. The largest absolute Gasteiger partial charge is 0.418 e. The Labute approximate surface area is 157 Å². The van der Waals surface area contributed by atoms with Gasteiger partial charge in [0.1, 0.15) is 0 Å². The fourth-order valence-corrected chi connectivity index (χ4v) is 3.67. The second kappa shape index (κ2) is 8.57. The second-order valence-corrected chi connectivity index (χ2v) is 7.15. The monoisotopic (exact) mass is 377 g/mol. The second-order valence-electron chi connectivity index (χ2n) is 7.15. The van der Waals surface area contributed by atoms with Crippen molar-refractivity contribution >= 4 is 11.6 Å². The Morgan fingerprint density at radius 3 is 2.30 bits per heavy atom. The minimum absolute atomic E-state index is 0.173. The van der Waals surface area contributed by atoms with Crippen LogP contribution in [0.25, 0.3) is 0 Å². The van der Waals surface area contributed by atoms with Crippen molar-refractivity contribution in [2.24, 2.45) is 5.92 Å². The molecule has 1 heterocycles. The molecule has 0 unspecified atom stereocenters. The van der Waals surface area contributed by atoms with Crippen LogP contribution in [-0.2, 0) is 17.4 Å². The van der Waals surface area contributed by atoms with Crippen LogP contribution in [0, 0.1) is 5.92 Å². The molecule has 1 saturated heterocycles. The van der Waals surface area contributed by atoms with Gasteiger partial charge >= 0.3 is 6.18 Å². The van der Waals surface area contributed by atoms with Gasteiger partial charge in [-0.15, -0.1) is 0 Å². The van der Waals surface area contributed by atoms with Gasteiger partial charge in [0.25, 0.3) is 5.91 Å². The standard InChI is InChI=1S/C21H23F3N2O/c22-21(23,24)18-8-4-5-9-19(18)25-20(27)15-26-12-10-17(11-13-26)14-16-6-2-1-3-7-16/h1-9,17H,10-15H2,(H,25,27)/p+1. The summed E-state index contributed by atoms with van der Waals surface area (Å²) in [6.45, 7) is 1.93. The molecule has 144 valence electrons. The van der Waals surface area contributed by atoms with E-state index >= 15 is 0 Å². The van der Waals surface area contributed by atoms with E-state index in [4.69, 9.17) is 0 Å². The molecule has 0 saturated carbocycles. The molecule has 6 heteroatoms. The third-order valence-corrected chi connectivity index (χ3v) is 5.10. The van der Waals surface area contributed by atoms with Crippen LogP contribution in [0.5, 0.6) is 0 Å². The van der Waals surface area contributed by atoms with Crippen LogP contribution < -0.4 is 10.2 Å². The Balaban J connectivity index is 1.49. The van der Waals surface area contributed by atoms with Crippen LogP contribution in [0.3, 0.4) is 0 Å². The highest BCUT2D eigenvalue weighted by atomic mass is 19.4. The lowest BCUT2D eigenvalue weighted by atomic mass is 9.90. The summed E-state index contributed by atoms with van der Waals surface area (Å²) >= 11 is 0. The van der Waals surface area contributed by atoms with Crippen molar-refractivity contribution in [2.75, 3.05) is 25.0 Å². The maximum absolute atomic E-state index is 13.0. The molecule has 1 aliphatic rings.